The third-order valence-electron chi connectivity index (χ3n) is 5.08. The molecule has 0 aromatic heterocycles. The highest BCUT2D eigenvalue weighted by Gasteiger charge is 2.23. The fourth-order valence-electron chi connectivity index (χ4n) is 3.42. The molecule has 3 rings (SSSR count). The van der Waals surface area contributed by atoms with Crippen molar-refractivity contribution in [1.29, 1.82) is 5.26 Å². The van der Waals surface area contributed by atoms with E-state index in [4.69, 9.17) is 5.26 Å². The van der Waals surface area contributed by atoms with Crippen LogP contribution in [-0.4, -0.2) is 47.1 Å². The van der Waals surface area contributed by atoms with Gasteiger partial charge in [-0.05, 0) is 36.6 Å². The standard InChI is InChI=1S/C23H27N3OS/c1-19(28-18-22-6-3-2-4-7-22)23(27)26-13-5-12-25(14-15-26)17-21-10-8-20(16-24)9-11-21/h2-4,6-11,19H,5,12-15,17-18H2,1H3/t19-/m0/s1. The van der Waals surface area contributed by atoms with Crippen LogP contribution in [0.25, 0.3) is 0 Å². The number of rotatable bonds is 6. The minimum atomic E-state index is -0.0229. The lowest BCUT2D eigenvalue weighted by Crippen LogP contribution is -2.39. The number of nitriles is 1. The third-order valence-corrected chi connectivity index (χ3v) is 6.28. The Morgan fingerprint density at radius 1 is 1.04 bits per heavy atom. The SMILES string of the molecule is C[C@H](SCc1ccccc1)C(=O)N1CCCN(Cc2ccc(C#N)cc2)CC1. The Balaban J connectivity index is 1.48. The maximum absolute atomic E-state index is 12.9. The molecule has 4 nitrogen and oxygen atoms in total. The first kappa shape index (κ1) is 20.4. The highest BCUT2D eigenvalue weighted by atomic mass is 32.2. The van der Waals surface area contributed by atoms with Crippen LogP contribution in [-0.2, 0) is 17.1 Å². The van der Waals surface area contributed by atoms with Crippen LogP contribution in [0.2, 0.25) is 0 Å². The average molecular weight is 394 g/mol. The fraction of sp³-hybridized carbons (Fsp3) is 0.391. The third kappa shape index (κ3) is 5.85. The van der Waals surface area contributed by atoms with Crippen LogP contribution in [0.4, 0.5) is 0 Å². The zero-order valence-electron chi connectivity index (χ0n) is 16.4. The second-order valence-corrected chi connectivity index (χ2v) is 8.53. The van der Waals surface area contributed by atoms with Crippen LogP contribution in [0.1, 0.15) is 30.0 Å². The summed E-state index contributed by atoms with van der Waals surface area (Å²) in [6.07, 6.45) is 0.998. The second kappa shape index (κ2) is 10.3. The van der Waals surface area contributed by atoms with E-state index in [-0.39, 0.29) is 11.2 Å². The van der Waals surface area contributed by atoms with Crippen LogP contribution in [0.5, 0.6) is 0 Å². The zero-order chi connectivity index (χ0) is 19.8. The van der Waals surface area contributed by atoms with E-state index in [0.29, 0.717) is 5.56 Å². The highest BCUT2D eigenvalue weighted by molar-refractivity contribution is 7.99. The smallest absolute Gasteiger partial charge is 0.235 e. The molecule has 0 spiro atoms. The first-order valence-electron chi connectivity index (χ1n) is 9.81. The molecule has 1 amide bonds. The topological polar surface area (TPSA) is 47.3 Å². The van der Waals surface area contributed by atoms with E-state index in [1.165, 1.54) is 11.1 Å². The molecule has 0 unspecified atom stereocenters. The number of nitrogens with zero attached hydrogens (tertiary/aromatic N) is 3. The van der Waals surface area contributed by atoms with Gasteiger partial charge in [0.15, 0.2) is 0 Å². The van der Waals surface area contributed by atoms with Gasteiger partial charge in [-0.2, -0.15) is 5.26 Å². The molecule has 1 heterocycles. The van der Waals surface area contributed by atoms with Gasteiger partial charge in [0.2, 0.25) is 5.91 Å². The van der Waals surface area contributed by atoms with Gasteiger partial charge in [0.1, 0.15) is 0 Å². The largest absolute Gasteiger partial charge is 0.340 e. The van der Waals surface area contributed by atoms with Crippen LogP contribution >= 0.6 is 11.8 Å². The lowest BCUT2D eigenvalue weighted by Gasteiger charge is -2.24. The maximum atomic E-state index is 12.9. The Morgan fingerprint density at radius 3 is 2.50 bits per heavy atom. The van der Waals surface area contributed by atoms with E-state index in [0.717, 1.165) is 44.9 Å². The van der Waals surface area contributed by atoms with Gasteiger partial charge in [-0.25, -0.2) is 0 Å². The van der Waals surface area contributed by atoms with Crippen LogP contribution in [0.3, 0.4) is 0 Å². The van der Waals surface area contributed by atoms with Crippen molar-refractivity contribution in [3.63, 3.8) is 0 Å². The van der Waals surface area contributed by atoms with E-state index in [9.17, 15) is 4.79 Å². The maximum Gasteiger partial charge on any atom is 0.235 e. The molecule has 2 aromatic rings. The summed E-state index contributed by atoms with van der Waals surface area (Å²) in [5.74, 6) is 1.12. The molecule has 0 radical (unpaired) electrons. The van der Waals surface area contributed by atoms with Crippen LogP contribution in [0.15, 0.2) is 54.6 Å². The molecule has 1 fully saturated rings. The predicted octanol–water partition coefficient (Wildman–Crippen LogP) is 3.91. The molecule has 0 N–H and O–H groups in total. The first-order valence-corrected chi connectivity index (χ1v) is 10.9. The summed E-state index contributed by atoms with van der Waals surface area (Å²) in [5, 5.41) is 8.89. The fourth-order valence-corrected chi connectivity index (χ4v) is 4.34. The number of carbonyl (C=O) groups excluding carboxylic acids is 1. The van der Waals surface area contributed by atoms with E-state index in [1.807, 2.05) is 54.3 Å². The van der Waals surface area contributed by atoms with Crippen molar-refractivity contribution in [3.05, 3.63) is 71.3 Å². The Morgan fingerprint density at radius 2 is 1.79 bits per heavy atom. The Bertz CT molecular complexity index is 801. The van der Waals surface area contributed by atoms with Gasteiger partial charge in [0.05, 0.1) is 16.9 Å². The molecular formula is C23H27N3OS. The van der Waals surface area contributed by atoms with Crippen molar-refractivity contribution in [1.82, 2.24) is 9.80 Å². The number of benzene rings is 2. The molecule has 1 aliphatic rings. The quantitative estimate of drug-likeness (QED) is 0.746. The van der Waals surface area contributed by atoms with Crippen LogP contribution in [0, 0.1) is 11.3 Å². The number of thioether (sulfide) groups is 1. The monoisotopic (exact) mass is 393 g/mol. The molecule has 0 aliphatic carbocycles. The minimum absolute atomic E-state index is 0.0229. The van der Waals surface area contributed by atoms with Gasteiger partial charge in [0.25, 0.3) is 0 Å². The summed E-state index contributed by atoms with van der Waals surface area (Å²) in [7, 11) is 0. The lowest BCUT2D eigenvalue weighted by molar-refractivity contribution is -0.130. The summed E-state index contributed by atoms with van der Waals surface area (Å²) >= 11 is 1.71. The summed E-state index contributed by atoms with van der Waals surface area (Å²) in [4.78, 5) is 17.3. The molecule has 1 saturated heterocycles. The van der Waals surface area contributed by atoms with Gasteiger partial charge >= 0.3 is 0 Å². The van der Waals surface area contributed by atoms with Crippen molar-refractivity contribution in [2.45, 2.75) is 30.9 Å². The molecule has 0 saturated carbocycles. The molecule has 1 aliphatic heterocycles. The van der Waals surface area contributed by atoms with E-state index < -0.39 is 0 Å². The van der Waals surface area contributed by atoms with Crippen LogP contribution < -0.4 is 0 Å². The Kier molecular flexibility index (Phi) is 7.53. The van der Waals surface area contributed by atoms with E-state index >= 15 is 0 Å². The molecule has 0 bridgehead atoms. The van der Waals surface area contributed by atoms with Gasteiger partial charge < -0.3 is 4.90 Å². The summed E-state index contributed by atoms with van der Waals surface area (Å²) in [5.41, 5.74) is 3.17. The summed E-state index contributed by atoms with van der Waals surface area (Å²) in [6.45, 7) is 6.39. The predicted molar refractivity (Wildman–Crippen MR) is 115 cm³/mol. The molecule has 146 valence electrons. The zero-order valence-corrected chi connectivity index (χ0v) is 17.2. The molecule has 1 atom stereocenters. The lowest BCUT2D eigenvalue weighted by atomic mass is 10.1. The normalized spacial score (nSPS) is 16.2. The molecule has 5 heteroatoms. The number of carbonyl (C=O) groups is 1. The van der Waals surface area contributed by atoms with Gasteiger partial charge in [-0.15, -0.1) is 11.8 Å². The van der Waals surface area contributed by atoms with Gasteiger partial charge in [0, 0.05) is 38.5 Å². The van der Waals surface area contributed by atoms with Crippen molar-refractivity contribution >= 4 is 17.7 Å². The van der Waals surface area contributed by atoms with Crippen molar-refractivity contribution in [2.75, 3.05) is 26.2 Å². The second-order valence-electron chi connectivity index (χ2n) is 7.20. The van der Waals surface area contributed by atoms with Crippen molar-refractivity contribution < 1.29 is 4.79 Å². The number of hydrogen-bond donors (Lipinski definition) is 0. The number of amides is 1. The van der Waals surface area contributed by atoms with Gasteiger partial charge in [-0.1, -0.05) is 42.5 Å². The highest BCUT2D eigenvalue weighted by Crippen LogP contribution is 2.20. The van der Waals surface area contributed by atoms with Crippen molar-refractivity contribution in [3.8, 4) is 6.07 Å². The minimum Gasteiger partial charge on any atom is -0.340 e. The average Bonchev–Trinajstić information content (AvgIpc) is 2.98. The summed E-state index contributed by atoms with van der Waals surface area (Å²) in [6, 6.07) is 20.3. The molecule has 28 heavy (non-hydrogen) atoms. The molecular weight excluding hydrogens is 366 g/mol. The number of hydrogen-bond acceptors (Lipinski definition) is 4. The Hall–Kier alpha value is -2.29. The van der Waals surface area contributed by atoms with E-state index in [1.54, 1.807) is 11.8 Å². The first-order chi connectivity index (χ1) is 13.7. The summed E-state index contributed by atoms with van der Waals surface area (Å²) < 4.78 is 0. The van der Waals surface area contributed by atoms with E-state index in [2.05, 4.69) is 23.1 Å². The van der Waals surface area contributed by atoms with Crippen molar-refractivity contribution in [2.24, 2.45) is 0 Å². The molecule has 2 aromatic carbocycles. The Labute approximate surface area is 172 Å². The van der Waals surface area contributed by atoms with Gasteiger partial charge in [-0.3, -0.25) is 9.69 Å².